The molecule has 0 aliphatic rings. The standard InChI is InChI=1S/C12H7F3N2O3/c13-12(14,15)6-1-2-9(16-4-6)8-5-17-10(18)3-7(8)11(19)20/h1-5H,(H,17,18)(H,19,20). The van der Waals surface area contributed by atoms with Crippen LogP contribution in [0, 0.1) is 0 Å². The van der Waals surface area contributed by atoms with E-state index < -0.39 is 23.3 Å². The summed E-state index contributed by atoms with van der Waals surface area (Å²) in [6.07, 6.45) is -2.82. The van der Waals surface area contributed by atoms with Crippen molar-refractivity contribution in [1.82, 2.24) is 9.97 Å². The van der Waals surface area contributed by atoms with Crippen LogP contribution in [0.3, 0.4) is 0 Å². The molecule has 0 amide bonds. The van der Waals surface area contributed by atoms with Gasteiger partial charge in [0.05, 0.1) is 16.8 Å². The van der Waals surface area contributed by atoms with Crippen molar-refractivity contribution in [3.8, 4) is 11.3 Å². The quantitative estimate of drug-likeness (QED) is 0.885. The third-order valence-electron chi connectivity index (χ3n) is 2.52. The molecule has 0 aliphatic carbocycles. The number of hydrogen-bond donors (Lipinski definition) is 2. The van der Waals surface area contributed by atoms with E-state index >= 15 is 0 Å². The van der Waals surface area contributed by atoms with E-state index in [0.29, 0.717) is 6.20 Å². The minimum Gasteiger partial charge on any atom is -0.478 e. The van der Waals surface area contributed by atoms with E-state index in [1.54, 1.807) is 0 Å². The number of nitrogens with one attached hydrogen (secondary N) is 1. The monoisotopic (exact) mass is 284 g/mol. The highest BCUT2D eigenvalue weighted by Gasteiger charge is 2.30. The lowest BCUT2D eigenvalue weighted by Crippen LogP contribution is -2.11. The molecule has 2 heterocycles. The van der Waals surface area contributed by atoms with Crippen LogP contribution >= 0.6 is 0 Å². The van der Waals surface area contributed by atoms with Crippen molar-refractivity contribution in [2.45, 2.75) is 6.18 Å². The highest BCUT2D eigenvalue weighted by Crippen LogP contribution is 2.30. The second-order valence-corrected chi connectivity index (χ2v) is 3.86. The molecule has 2 N–H and O–H groups in total. The van der Waals surface area contributed by atoms with Crippen LogP contribution in [0.4, 0.5) is 13.2 Å². The predicted octanol–water partition coefficient (Wildman–Crippen LogP) is 2.15. The van der Waals surface area contributed by atoms with Gasteiger partial charge in [0.25, 0.3) is 0 Å². The van der Waals surface area contributed by atoms with Crippen molar-refractivity contribution in [1.29, 1.82) is 0 Å². The number of nitrogens with zero attached hydrogens (tertiary/aromatic N) is 1. The van der Waals surface area contributed by atoms with E-state index in [4.69, 9.17) is 5.11 Å². The number of carboxylic acid groups (broad SMARTS) is 1. The van der Waals surface area contributed by atoms with Gasteiger partial charge < -0.3 is 10.1 Å². The number of aromatic carboxylic acids is 1. The predicted molar refractivity (Wildman–Crippen MR) is 62.3 cm³/mol. The zero-order valence-corrected chi connectivity index (χ0v) is 9.73. The summed E-state index contributed by atoms with van der Waals surface area (Å²) in [7, 11) is 0. The van der Waals surface area contributed by atoms with Crippen molar-refractivity contribution in [3.63, 3.8) is 0 Å². The Labute approximate surface area is 109 Å². The number of rotatable bonds is 2. The van der Waals surface area contributed by atoms with Crippen LogP contribution in [0.5, 0.6) is 0 Å². The molecule has 0 spiro atoms. The highest BCUT2D eigenvalue weighted by molar-refractivity contribution is 5.95. The van der Waals surface area contributed by atoms with Crippen LogP contribution < -0.4 is 5.56 Å². The first-order chi connectivity index (χ1) is 9.29. The summed E-state index contributed by atoms with van der Waals surface area (Å²) < 4.78 is 37.2. The molecule has 0 fully saturated rings. The number of carboxylic acids is 1. The maximum Gasteiger partial charge on any atom is 0.417 e. The topological polar surface area (TPSA) is 83.0 Å². The summed E-state index contributed by atoms with van der Waals surface area (Å²) in [5, 5.41) is 8.97. The molecule has 104 valence electrons. The van der Waals surface area contributed by atoms with Crippen LogP contribution in [0.1, 0.15) is 15.9 Å². The van der Waals surface area contributed by atoms with E-state index in [2.05, 4.69) is 9.97 Å². The Morgan fingerprint density at radius 2 is 2.00 bits per heavy atom. The van der Waals surface area contributed by atoms with E-state index in [1.165, 1.54) is 0 Å². The molecule has 5 nitrogen and oxygen atoms in total. The molecule has 0 atom stereocenters. The van der Waals surface area contributed by atoms with E-state index in [9.17, 15) is 22.8 Å². The smallest absolute Gasteiger partial charge is 0.417 e. The van der Waals surface area contributed by atoms with Gasteiger partial charge in [-0.3, -0.25) is 9.78 Å². The van der Waals surface area contributed by atoms with Crippen LogP contribution in [0.2, 0.25) is 0 Å². The summed E-state index contributed by atoms with van der Waals surface area (Å²) >= 11 is 0. The average molecular weight is 284 g/mol. The van der Waals surface area contributed by atoms with Gasteiger partial charge in [-0.2, -0.15) is 13.2 Å². The third-order valence-corrected chi connectivity index (χ3v) is 2.52. The first kappa shape index (κ1) is 13.8. The van der Waals surface area contributed by atoms with Gasteiger partial charge in [-0.05, 0) is 12.1 Å². The first-order valence-corrected chi connectivity index (χ1v) is 5.28. The largest absolute Gasteiger partial charge is 0.478 e. The van der Waals surface area contributed by atoms with Gasteiger partial charge >= 0.3 is 12.1 Å². The molecule has 2 rings (SSSR count). The van der Waals surface area contributed by atoms with Gasteiger partial charge in [-0.25, -0.2) is 4.79 Å². The van der Waals surface area contributed by atoms with Crippen LogP contribution in [0.25, 0.3) is 11.3 Å². The Bertz CT molecular complexity index is 705. The summed E-state index contributed by atoms with van der Waals surface area (Å²) in [6.45, 7) is 0. The molecule has 0 unspecified atom stereocenters. The second-order valence-electron chi connectivity index (χ2n) is 3.86. The minimum atomic E-state index is -4.52. The molecule has 8 heteroatoms. The molecule has 2 aromatic rings. The Balaban J connectivity index is 2.52. The zero-order chi connectivity index (χ0) is 14.9. The van der Waals surface area contributed by atoms with Crippen molar-refractivity contribution < 1.29 is 23.1 Å². The van der Waals surface area contributed by atoms with Crippen LogP contribution in [-0.4, -0.2) is 21.0 Å². The summed E-state index contributed by atoms with van der Waals surface area (Å²) in [6, 6.07) is 2.68. The molecule has 0 radical (unpaired) electrons. The summed E-state index contributed by atoms with van der Waals surface area (Å²) in [5.74, 6) is -1.37. The fraction of sp³-hybridized carbons (Fsp3) is 0.0833. The molecule has 20 heavy (non-hydrogen) atoms. The number of carbonyl (C=O) groups is 1. The maximum absolute atomic E-state index is 12.4. The first-order valence-electron chi connectivity index (χ1n) is 5.28. The molecule has 0 aliphatic heterocycles. The van der Waals surface area contributed by atoms with Crippen molar-refractivity contribution in [3.05, 3.63) is 52.1 Å². The number of alkyl halides is 3. The average Bonchev–Trinajstić information content (AvgIpc) is 2.37. The van der Waals surface area contributed by atoms with Gasteiger partial charge in [-0.15, -0.1) is 0 Å². The minimum absolute atomic E-state index is 0.0200. The lowest BCUT2D eigenvalue weighted by molar-refractivity contribution is -0.137. The van der Waals surface area contributed by atoms with Crippen LogP contribution in [-0.2, 0) is 6.18 Å². The Hall–Kier alpha value is -2.64. The molecule has 0 bridgehead atoms. The van der Waals surface area contributed by atoms with Crippen LogP contribution in [0.15, 0.2) is 35.4 Å². The lowest BCUT2D eigenvalue weighted by atomic mass is 10.1. The Kier molecular flexibility index (Phi) is 3.31. The molecule has 0 saturated carbocycles. The number of hydrogen-bond acceptors (Lipinski definition) is 3. The molecule has 2 aromatic heterocycles. The Morgan fingerprint density at radius 3 is 2.50 bits per heavy atom. The van der Waals surface area contributed by atoms with E-state index in [1.807, 2.05) is 0 Å². The van der Waals surface area contributed by atoms with Crippen molar-refractivity contribution >= 4 is 5.97 Å². The second kappa shape index (κ2) is 4.80. The van der Waals surface area contributed by atoms with Gasteiger partial charge in [0.15, 0.2) is 0 Å². The van der Waals surface area contributed by atoms with E-state index in [-0.39, 0.29) is 16.8 Å². The summed E-state index contributed by atoms with van der Waals surface area (Å²) in [5.41, 5.74) is -1.85. The fourth-order valence-corrected chi connectivity index (χ4v) is 1.58. The lowest BCUT2D eigenvalue weighted by Gasteiger charge is -2.08. The maximum atomic E-state index is 12.4. The molecule has 0 saturated heterocycles. The normalized spacial score (nSPS) is 11.3. The SMILES string of the molecule is O=C(O)c1cc(=O)[nH]cc1-c1ccc(C(F)(F)F)cn1. The van der Waals surface area contributed by atoms with E-state index in [0.717, 1.165) is 24.4 Å². The zero-order valence-electron chi connectivity index (χ0n) is 9.73. The van der Waals surface area contributed by atoms with Crippen molar-refractivity contribution in [2.75, 3.05) is 0 Å². The van der Waals surface area contributed by atoms with Gasteiger partial charge in [0, 0.05) is 24.0 Å². The van der Waals surface area contributed by atoms with Gasteiger partial charge in [-0.1, -0.05) is 0 Å². The number of aromatic amines is 1. The molecular formula is C12H7F3N2O3. The molecular weight excluding hydrogens is 277 g/mol. The fourth-order valence-electron chi connectivity index (χ4n) is 1.58. The number of H-pyrrole nitrogens is 1. The third kappa shape index (κ3) is 2.68. The highest BCUT2D eigenvalue weighted by atomic mass is 19.4. The number of halogens is 3. The summed E-state index contributed by atoms with van der Waals surface area (Å²) in [4.78, 5) is 27.9. The van der Waals surface area contributed by atoms with Gasteiger partial charge in [0.1, 0.15) is 0 Å². The van der Waals surface area contributed by atoms with Crippen molar-refractivity contribution in [2.24, 2.45) is 0 Å². The Morgan fingerprint density at radius 1 is 1.30 bits per heavy atom. The number of pyridine rings is 2. The number of aromatic nitrogens is 2. The van der Waals surface area contributed by atoms with Gasteiger partial charge in [0.2, 0.25) is 5.56 Å². The molecule has 0 aromatic carbocycles.